The van der Waals surface area contributed by atoms with Crippen LogP contribution in [0.25, 0.3) is 0 Å². The molecule has 0 spiro atoms. The molecule has 0 amide bonds. The highest BCUT2D eigenvalue weighted by Gasteiger charge is 2.14. The molecule has 12 heavy (non-hydrogen) atoms. The minimum absolute atomic E-state index is 0.345. The number of alkyl halides is 1. The van der Waals surface area contributed by atoms with Gasteiger partial charge in [-0.05, 0) is 25.5 Å². The summed E-state index contributed by atoms with van der Waals surface area (Å²) in [4.78, 5) is 0. The second-order valence-corrected chi connectivity index (χ2v) is 2.92. The van der Waals surface area contributed by atoms with E-state index in [1.54, 1.807) is 17.9 Å². The Morgan fingerprint density at radius 2 is 2.42 bits per heavy atom. The molecule has 4 heteroatoms. The monoisotopic (exact) mass is 171 g/mol. The molecule has 1 rings (SSSR count). The zero-order valence-corrected chi connectivity index (χ0v) is 7.42. The summed E-state index contributed by atoms with van der Waals surface area (Å²) in [6, 6.07) is 0. The van der Waals surface area contributed by atoms with Gasteiger partial charge in [0, 0.05) is 13.2 Å². The molecule has 0 saturated carbocycles. The number of aryl methyl sites for hydroxylation is 2. The van der Waals surface area contributed by atoms with E-state index in [1.807, 2.05) is 6.92 Å². The van der Waals surface area contributed by atoms with E-state index in [-0.39, 0.29) is 0 Å². The van der Waals surface area contributed by atoms with Gasteiger partial charge in [-0.1, -0.05) is 0 Å². The molecule has 0 bridgehead atoms. The zero-order valence-electron chi connectivity index (χ0n) is 7.42. The van der Waals surface area contributed by atoms with Crippen LogP contribution in [0.4, 0.5) is 4.39 Å². The summed E-state index contributed by atoms with van der Waals surface area (Å²) in [5, 5.41) is 4.01. The molecule has 0 aliphatic carbocycles. The molecular formula is C8H14FN3. The summed E-state index contributed by atoms with van der Waals surface area (Å²) < 4.78 is 14.9. The first-order valence-electron chi connectivity index (χ1n) is 3.99. The van der Waals surface area contributed by atoms with Gasteiger partial charge in [0.2, 0.25) is 0 Å². The summed E-state index contributed by atoms with van der Waals surface area (Å²) >= 11 is 0. The number of nitrogens with zero attached hydrogens (tertiary/aromatic N) is 2. The molecule has 0 aliphatic rings. The Balaban J connectivity index is 2.79. The van der Waals surface area contributed by atoms with Crippen molar-refractivity contribution in [2.75, 3.05) is 6.54 Å². The van der Waals surface area contributed by atoms with Crippen LogP contribution in [0, 0.1) is 6.92 Å². The molecule has 1 aromatic rings. The van der Waals surface area contributed by atoms with Crippen LogP contribution in [-0.4, -0.2) is 16.3 Å². The van der Waals surface area contributed by atoms with E-state index in [4.69, 9.17) is 5.73 Å². The van der Waals surface area contributed by atoms with Crippen molar-refractivity contribution in [3.8, 4) is 0 Å². The Labute approximate surface area is 71.4 Å². The normalized spacial score (nSPS) is 13.3. The predicted molar refractivity (Wildman–Crippen MR) is 45.5 cm³/mol. The van der Waals surface area contributed by atoms with Gasteiger partial charge in [0.25, 0.3) is 0 Å². The highest BCUT2D eigenvalue weighted by molar-refractivity contribution is 5.17. The first kappa shape index (κ1) is 9.19. The van der Waals surface area contributed by atoms with Crippen LogP contribution >= 0.6 is 0 Å². The number of aromatic nitrogens is 2. The van der Waals surface area contributed by atoms with Gasteiger partial charge >= 0.3 is 0 Å². The lowest BCUT2D eigenvalue weighted by Gasteiger charge is -2.02. The third kappa shape index (κ3) is 1.82. The van der Waals surface area contributed by atoms with E-state index < -0.39 is 6.17 Å². The van der Waals surface area contributed by atoms with Crippen molar-refractivity contribution in [1.29, 1.82) is 0 Å². The van der Waals surface area contributed by atoms with Gasteiger partial charge in [-0.2, -0.15) is 5.10 Å². The molecule has 1 aromatic heterocycles. The fourth-order valence-electron chi connectivity index (χ4n) is 1.22. The fraction of sp³-hybridized carbons (Fsp3) is 0.625. The number of hydrogen-bond donors (Lipinski definition) is 1. The molecule has 0 saturated heterocycles. The largest absolute Gasteiger partial charge is 0.330 e. The minimum Gasteiger partial charge on any atom is -0.330 e. The van der Waals surface area contributed by atoms with Crippen LogP contribution in [-0.2, 0) is 7.05 Å². The lowest BCUT2D eigenvalue weighted by molar-refractivity contribution is 0.317. The highest BCUT2D eigenvalue weighted by Crippen LogP contribution is 2.21. The summed E-state index contributed by atoms with van der Waals surface area (Å²) in [5.74, 6) is 0. The molecule has 0 fully saturated rings. The van der Waals surface area contributed by atoms with Gasteiger partial charge in [-0.15, -0.1) is 0 Å². The van der Waals surface area contributed by atoms with E-state index in [2.05, 4.69) is 5.10 Å². The fourth-order valence-corrected chi connectivity index (χ4v) is 1.22. The molecule has 3 nitrogen and oxygen atoms in total. The molecule has 1 atom stereocenters. The summed E-state index contributed by atoms with van der Waals surface area (Å²) in [6.45, 7) is 2.21. The summed E-state index contributed by atoms with van der Waals surface area (Å²) in [6.07, 6.45) is 1.13. The average Bonchev–Trinajstić information content (AvgIpc) is 2.30. The molecule has 1 unspecified atom stereocenters. The van der Waals surface area contributed by atoms with Gasteiger partial charge in [-0.3, -0.25) is 4.68 Å². The number of halogens is 1. The smallest absolute Gasteiger partial charge is 0.145 e. The van der Waals surface area contributed by atoms with Crippen molar-refractivity contribution in [3.63, 3.8) is 0 Å². The number of nitrogens with two attached hydrogens (primary N) is 1. The van der Waals surface area contributed by atoms with Crippen molar-refractivity contribution < 1.29 is 4.39 Å². The molecule has 2 N–H and O–H groups in total. The van der Waals surface area contributed by atoms with E-state index in [0.29, 0.717) is 18.7 Å². The topological polar surface area (TPSA) is 43.8 Å². The van der Waals surface area contributed by atoms with Crippen LogP contribution in [0.5, 0.6) is 0 Å². The van der Waals surface area contributed by atoms with Crippen LogP contribution < -0.4 is 5.73 Å². The first-order valence-corrected chi connectivity index (χ1v) is 3.99. The molecule has 68 valence electrons. The number of rotatable bonds is 3. The first-order chi connectivity index (χ1) is 5.65. The van der Waals surface area contributed by atoms with Crippen LogP contribution in [0.2, 0.25) is 0 Å². The SMILES string of the molecule is Cc1cn(C)nc1C(F)CCN. The standard InChI is InChI=1S/C8H14FN3/c1-6-5-12(2)11-8(6)7(9)3-4-10/h5,7H,3-4,10H2,1-2H3. The lowest BCUT2D eigenvalue weighted by Crippen LogP contribution is -2.05. The van der Waals surface area contributed by atoms with Gasteiger partial charge in [-0.25, -0.2) is 4.39 Å². The van der Waals surface area contributed by atoms with Crippen molar-refractivity contribution in [3.05, 3.63) is 17.5 Å². The second-order valence-electron chi connectivity index (χ2n) is 2.92. The van der Waals surface area contributed by atoms with Gasteiger partial charge < -0.3 is 5.73 Å². The molecule has 0 aromatic carbocycles. The predicted octanol–water partition coefficient (Wildman–Crippen LogP) is 1.09. The van der Waals surface area contributed by atoms with E-state index in [1.165, 1.54) is 0 Å². The number of hydrogen-bond acceptors (Lipinski definition) is 2. The van der Waals surface area contributed by atoms with Crippen LogP contribution in [0.3, 0.4) is 0 Å². The van der Waals surface area contributed by atoms with Crippen molar-refractivity contribution in [2.45, 2.75) is 19.5 Å². The molecule has 1 heterocycles. The Morgan fingerprint density at radius 1 is 1.75 bits per heavy atom. The maximum Gasteiger partial charge on any atom is 0.145 e. The Hall–Kier alpha value is -0.900. The third-order valence-corrected chi connectivity index (χ3v) is 1.77. The van der Waals surface area contributed by atoms with Crippen molar-refractivity contribution >= 4 is 0 Å². The van der Waals surface area contributed by atoms with Crippen molar-refractivity contribution in [2.24, 2.45) is 12.8 Å². The lowest BCUT2D eigenvalue weighted by atomic mass is 10.1. The molecule has 0 radical (unpaired) electrons. The third-order valence-electron chi connectivity index (χ3n) is 1.77. The van der Waals surface area contributed by atoms with E-state index in [0.717, 1.165) is 5.56 Å². The Bertz CT molecular complexity index is 257. The minimum atomic E-state index is -1.02. The maximum absolute atomic E-state index is 13.3. The quantitative estimate of drug-likeness (QED) is 0.739. The second kappa shape index (κ2) is 3.67. The van der Waals surface area contributed by atoms with Crippen LogP contribution in [0.15, 0.2) is 6.20 Å². The Morgan fingerprint density at radius 3 is 2.83 bits per heavy atom. The van der Waals surface area contributed by atoms with Gasteiger partial charge in [0.05, 0.1) is 5.69 Å². The maximum atomic E-state index is 13.3. The van der Waals surface area contributed by atoms with Crippen molar-refractivity contribution in [1.82, 2.24) is 9.78 Å². The Kier molecular flexibility index (Phi) is 2.81. The van der Waals surface area contributed by atoms with E-state index >= 15 is 0 Å². The van der Waals surface area contributed by atoms with Gasteiger partial charge in [0.15, 0.2) is 0 Å². The molecular weight excluding hydrogens is 157 g/mol. The molecule has 0 aliphatic heterocycles. The summed E-state index contributed by atoms with van der Waals surface area (Å²) in [7, 11) is 1.78. The highest BCUT2D eigenvalue weighted by atomic mass is 19.1. The summed E-state index contributed by atoms with van der Waals surface area (Å²) in [5.41, 5.74) is 6.65. The van der Waals surface area contributed by atoms with Crippen LogP contribution in [0.1, 0.15) is 23.8 Å². The average molecular weight is 171 g/mol. The van der Waals surface area contributed by atoms with Gasteiger partial charge in [0.1, 0.15) is 6.17 Å². The zero-order chi connectivity index (χ0) is 9.14. The van der Waals surface area contributed by atoms with E-state index in [9.17, 15) is 4.39 Å².